The Morgan fingerprint density at radius 3 is 2.69 bits per heavy atom. The first kappa shape index (κ1) is 13.1. The number of nitrogens with one attached hydrogen (secondary N) is 1. The van der Waals surface area contributed by atoms with Crippen LogP contribution in [0, 0.1) is 0 Å². The van der Waals surface area contributed by atoms with E-state index in [9.17, 15) is 8.42 Å². The summed E-state index contributed by atoms with van der Waals surface area (Å²) in [6.07, 6.45) is 1.20. The van der Waals surface area contributed by atoms with Crippen molar-refractivity contribution < 1.29 is 8.42 Å². The maximum atomic E-state index is 11.1. The number of hydrogen-bond acceptors (Lipinski definition) is 4. The summed E-state index contributed by atoms with van der Waals surface area (Å²) in [6.45, 7) is 1.78. The molecule has 0 bridgehead atoms. The first-order valence-electron chi connectivity index (χ1n) is 4.77. The molecular weight excluding hydrogens is 248 g/mol. The third-order valence-electron chi connectivity index (χ3n) is 1.97. The minimum atomic E-state index is -3.00. The molecule has 0 aliphatic carbocycles. The van der Waals surface area contributed by atoms with E-state index in [2.05, 4.69) is 5.32 Å². The third kappa shape index (κ3) is 4.28. The van der Waals surface area contributed by atoms with Gasteiger partial charge in [-0.05, 0) is 25.1 Å². The SMILES string of the molecule is CC(CS(C)(=O)=O)Nc1cc(Cl)ccc1N. The van der Waals surface area contributed by atoms with Gasteiger partial charge in [0, 0.05) is 17.3 Å². The zero-order chi connectivity index (χ0) is 12.3. The van der Waals surface area contributed by atoms with Gasteiger partial charge in [0.05, 0.1) is 17.1 Å². The van der Waals surface area contributed by atoms with Crippen LogP contribution in [0.4, 0.5) is 11.4 Å². The predicted molar refractivity (Wildman–Crippen MR) is 68.7 cm³/mol. The Hall–Kier alpha value is -0.940. The summed E-state index contributed by atoms with van der Waals surface area (Å²) in [6, 6.07) is 4.83. The molecule has 0 fully saturated rings. The van der Waals surface area contributed by atoms with E-state index in [0.29, 0.717) is 16.4 Å². The van der Waals surface area contributed by atoms with Crippen molar-refractivity contribution in [1.82, 2.24) is 0 Å². The fourth-order valence-corrected chi connectivity index (χ4v) is 2.58. The van der Waals surface area contributed by atoms with Gasteiger partial charge < -0.3 is 11.1 Å². The highest BCUT2D eigenvalue weighted by molar-refractivity contribution is 7.90. The van der Waals surface area contributed by atoms with Crippen LogP contribution in [0.15, 0.2) is 18.2 Å². The Morgan fingerprint density at radius 1 is 1.50 bits per heavy atom. The first-order chi connectivity index (χ1) is 7.28. The molecule has 0 amide bonds. The number of rotatable bonds is 4. The van der Waals surface area contributed by atoms with Crippen LogP contribution in [-0.4, -0.2) is 26.5 Å². The fraction of sp³-hybridized carbons (Fsp3) is 0.400. The lowest BCUT2D eigenvalue weighted by Crippen LogP contribution is -2.25. The lowest BCUT2D eigenvalue weighted by atomic mass is 10.2. The van der Waals surface area contributed by atoms with E-state index in [0.717, 1.165) is 0 Å². The molecule has 1 aromatic carbocycles. The zero-order valence-electron chi connectivity index (χ0n) is 9.20. The highest BCUT2D eigenvalue weighted by Crippen LogP contribution is 2.23. The van der Waals surface area contributed by atoms with Crippen LogP contribution in [0.1, 0.15) is 6.92 Å². The Balaban J connectivity index is 2.77. The number of hydrogen-bond donors (Lipinski definition) is 2. The monoisotopic (exact) mass is 262 g/mol. The van der Waals surface area contributed by atoms with Crippen molar-refractivity contribution in [3.8, 4) is 0 Å². The molecule has 16 heavy (non-hydrogen) atoms. The van der Waals surface area contributed by atoms with E-state index in [1.807, 2.05) is 0 Å². The highest BCUT2D eigenvalue weighted by atomic mass is 35.5. The van der Waals surface area contributed by atoms with E-state index in [-0.39, 0.29) is 11.8 Å². The van der Waals surface area contributed by atoms with Crippen LogP contribution in [0.2, 0.25) is 5.02 Å². The molecule has 1 rings (SSSR count). The molecule has 0 aliphatic rings. The molecular formula is C10H15ClN2O2S. The molecule has 4 nitrogen and oxygen atoms in total. The summed E-state index contributed by atoms with van der Waals surface area (Å²) >= 11 is 5.82. The van der Waals surface area contributed by atoms with Crippen molar-refractivity contribution >= 4 is 32.8 Å². The maximum absolute atomic E-state index is 11.1. The molecule has 90 valence electrons. The second-order valence-electron chi connectivity index (χ2n) is 3.87. The van der Waals surface area contributed by atoms with Gasteiger partial charge in [0.15, 0.2) is 0 Å². The number of anilines is 2. The van der Waals surface area contributed by atoms with E-state index in [1.165, 1.54) is 6.26 Å². The topological polar surface area (TPSA) is 72.2 Å². The van der Waals surface area contributed by atoms with Crippen LogP contribution in [0.5, 0.6) is 0 Å². The Bertz CT molecular complexity index is 474. The average Bonchev–Trinajstić information content (AvgIpc) is 2.08. The lowest BCUT2D eigenvalue weighted by Gasteiger charge is -2.16. The minimum absolute atomic E-state index is 0.0545. The number of nitrogen functional groups attached to an aromatic ring is 1. The van der Waals surface area contributed by atoms with Gasteiger partial charge in [-0.3, -0.25) is 0 Å². The highest BCUT2D eigenvalue weighted by Gasteiger charge is 2.11. The van der Waals surface area contributed by atoms with Crippen LogP contribution < -0.4 is 11.1 Å². The van der Waals surface area contributed by atoms with Gasteiger partial charge in [0.2, 0.25) is 0 Å². The van der Waals surface area contributed by atoms with Crippen LogP contribution in [-0.2, 0) is 9.84 Å². The van der Waals surface area contributed by atoms with Gasteiger partial charge in [-0.1, -0.05) is 11.6 Å². The molecule has 6 heteroatoms. The predicted octanol–water partition coefficient (Wildman–Crippen LogP) is 1.77. The summed E-state index contributed by atoms with van der Waals surface area (Å²) in [5, 5.41) is 3.58. The Labute approximate surface area is 101 Å². The molecule has 0 spiro atoms. The summed E-state index contributed by atoms with van der Waals surface area (Å²) in [5.74, 6) is 0.0545. The largest absolute Gasteiger partial charge is 0.397 e. The smallest absolute Gasteiger partial charge is 0.149 e. The van der Waals surface area contributed by atoms with Gasteiger partial charge in [-0.15, -0.1) is 0 Å². The molecule has 0 radical (unpaired) electrons. The van der Waals surface area contributed by atoms with Gasteiger partial charge >= 0.3 is 0 Å². The molecule has 1 unspecified atom stereocenters. The number of benzene rings is 1. The summed E-state index contributed by atoms with van der Waals surface area (Å²) < 4.78 is 22.2. The van der Waals surface area contributed by atoms with Gasteiger partial charge in [0.1, 0.15) is 9.84 Å². The summed E-state index contributed by atoms with van der Waals surface area (Å²) in [7, 11) is -3.00. The zero-order valence-corrected chi connectivity index (χ0v) is 10.8. The van der Waals surface area contributed by atoms with Crippen molar-refractivity contribution in [1.29, 1.82) is 0 Å². The molecule has 3 N–H and O–H groups in total. The molecule has 1 aromatic rings. The second kappa shape index (κ2) is 4.93. The average molecular weight is 263 g/mol. The summed E-state index contributed by atoms with van der Waals surface area (Å²) in [5.41, 5.74) is 6.93. The van der Waals surface area contributed by atoms with Gasteiger partial charge in [0.25, 0.3) is 0 Å². The van der Waals surface area contributed by atoms with Crippen molar-refractivity contribution in [2.45, 2.75) is 13.0 Å². The standard InChI is InChI=1S/C10H15ClN2O2S/c1-7(6-16(2,14)15)13-10-5-8(11)3-4-9(10)12/h3-5,7,13H,6,12H2,1-2H3. The third-order valence-corrected chi connectivity index (χ3v) is 3.31. The minimum Gasteiger partial charge on any atom is -0.397 e. The van der Waals surface area contributed by atoms with Crippen molar-refractivity contribution in [3.05, 3.63) is 23.2 Å². The van der Waals surface area contributed by atoms with E-state index in [1.54, 1.807) is 25.1 Å². The molecule has 0 heterocycles. The first-order valence-corrected chi connectivity index (χ1v) is 7.21. The van der Waals surface area contributed by atoms with Crippen LogP contribution in [0.3, 0.4) is 0 Å². The number of halogens is 1. The van der Waals surface area contributed by atoms with Crippen LogP contribution >= 0.6 is 11.6 Å². The molecule has 0 aromatic heterocycles. The van der Waals surface area contributed by atoms with Crippen LogP contribution in [0.25, 0.3) is 0 Å². The normalized spacial score (nSPS) is 13.4. The molecule has 0 saturated carbocycles. The van der Waals surface area contributed by atoms with E-state index in [4.69, 9.17) is 17.3 Å². The van der Waals surface area contributed by atoms with E-state index < -0.39 is 9.84 Å². The fourth-order valence-electron chi connectivity index (χ4n) is 1.41. The second-order valence-corrected chi connectivity index (χ2v) is 6.49. The molecule has 0 saturated heterocycles. The molecule has 0 aliphatic heterocycles. The maximum Gasteiger partial charge on any atom is 0.149 e. The van der Waals surface area contributed by atoms with Crippen molar-refractivity contribution in [2.75, 3.05) is 23.1 Å². The van der Waals surface area contributed by atoms with Crippen molar-refractivity contribution in [3.63, 3.8) is 0 Å². The summed E-state index contributed by atoms with van der Waals surface area (Å²) in [4.78, 5) is 0. The van der Waals surface area contributed by atoms with Crippen molar-refractivity contribution in [2.24, 2.45) is 0 Å². The Kier molecular flexibility index (Phi) is 4.04. The Morgan fingerprint density at radius 2 is 2.12 bits per heavy atom. The lowest BCUT2D eigenvalue weighted by molar-refractivity contribution is 0.598. The number of sulfone groups is 1. The van der Waals surface area contributed by atoms with Gasteiger partial charge in [-0.25, -0.2) is 8.42 Å². The quantitative estimate of drug-likeness (QED) is 0.811. The molecule has 1 atom stereocenters. The number of nitrogens with two attached hydrogens (primary N) is 1. The van der Waals surface area contributed by atoms with E-state index >= 15 is 0 Å². The van der Waals surface area contributed by atoms with Gasteiger partial charge in [-0.2, -0.15) is 0 Å².